The van der Waals surface area contributed by atoms with Gasteiger partial charge in [0, 0.05) is 0 Å². The maximum atomic E-state index is 10.8. The molecule has 0 aliphatic heterocycles. The number of phenolic OH excluding ortho intramolecular Hbond substituents is 1. The Labute approximate surface area is 154 Å². The van der Waals surface area contributed by atoms with E-state index in [4.69, 9.17) is 0 Å². The van der Waals surface area contributed by atoms with Crippen LogP contribution in [0.1, 0.15) is 96.8 Å². The Balaban J connectivity index is 2.22. The lowest BCUT2D eigenvalue weighted by Crippen LogP contribution is -2.23. The fraction of sp³-hybridized carbons (Fsp3) is 0.739. The molecule has 2 heteroatoms. The molecular weight excluding hydrogens is 308 g/mol. The zero-order valence-corrected chi connectivity index (χ0v) is 17.2. The van der Waals surface area contributed by atoms with Gasteiger partial charge in [-0.3, -0.25) is 0 Å². The van der Waals surface area contributed by atoms with Crippen LogP contribution < -0.4 is 0 Å². The van der Waals surface area contributed by atoms with E-state index in [2.05, 4.69) is 53.7 Å². The Morgan fingerprint density at radius 1 is 0.920 bits per heavy atom. The van der Waals surface area contributed by atoms with Crippen molar-refractivity contribution in [2.45, 2.75) is 103 Å². The van der Waals surface area contributed by atoms with Gasteiger partial charge in [0.15, 0.2) is 0 Å². The van der Waals surface area contributed by atoms with E-state index in [0.29, 0.717) is 11.7 Å². The molecule has 0 aromatic heterocycles. The second kappa shape index (κ2) is 7.70. The Bertz CT molecular complexity index is 534. The fourth-order valence-corrected chi connectivity index (χ4v) is 4.05. The third-order valence-electron chi connectivity index (χ3n) is 5.71. The number of hydrogen-bond acceptors (Lipinski definition) is 2. The highest BCUT2D eigenvalue weighted by Gasteiger charge is 2.27. The standard InChI is InChI=1S/C23H38O2/c1-22(2,3)18-14-16(15-19(21(18)25)23(4,5)6)12-13-20(24)17-10-8-7-9-11-17/h14-15,17,20,24-25H,7-13H2,1-6H3. The first kappa shape index (κ1) is 20.3. The minimum atomic E-state index is -0.190. The predicted molar refractivity (Wildman–Crippen MR) is 106 cm³/mol. The van der Waals surface area contributed by atoms with E-state index in [-0.39, 0.29) is 16.9 Å². The molecule has 0 bridgehead atoms. The summed E-state index contributed by atoms with van der Waals surface area (Å²) in [5.41, 5.74) is 3.08. The number of aliphatic hydroxyl groups excluding tert-OH is 1. The lowest BCUT2D eigenvalue weighted by atomic mass is 9.77. The minimum Gasteiger partial charge on any atom is -0.507 e. The first-order chi connectivity index (χ1) is 11.5. The number of aromatic hydroxyl groups is 1. The molecule has 0 radical (unpaired) electrons. The number of rotatable bonds is 4. The zero-order valence-electron chi connectivity index (χ0n) is 17.2. The molecule has 1 aliphatic rings. The van der Waals surface area contributed by atoms with E-state index in [1.54, 1.807) is 0 Å². The quantitative estimate of drug-likeness (QED) is 0.716. The first-order valence-electron chi connectivity index (χ1n) is 10.0. The van der Waals surface area contributed by atoms with Crippen molar-refractivity contribution < 1.29 is 10.2 Å². The van der Waals surface area contributed by atoms with Crippen LogP contribution in [0.2, 0.25) is 0 Å². The van der Waals surface area contributed by atoms with E-state index in [0.717, 1.165) is 24.0 Å². The van der Waals surface area contributed by atoms with E-state index >= 15 is 0 Å². The molecule has 2 rings (SSSR count). The van der Waals surface area contributed by atoms with Crippen molar-refractivity contribution in [3.05, 3.63) is 28.8 Å². The van der Waals surface area contributed by atoms with Crippen LogP contribution in [0.5, 0.6) is 5.75 Å². The molecule has 142 valence electrons. The van der Waals surface area contributed by atoms with Gasteiger partial charge in [-0.1, -0.05) is 72.9 Å². The van der Waals surface area contributed by atoms with Gasteiger partial charge in [-0.2, -0.15) is 0 Å². The molecule has 0 amide bonds. The number of aryl methyl sites for hydroxylation is 1. The molecule has 1 aromatic carbocycles. The van der Waals surface area contributed by atoms with Gasteiger partial charge in [0.25, 0.3) is 0 Å². The zero-order chi connectivity index (χ0) is 18.8. The van der Waals surface area contributed by atoms with Crippen LogP contribution in [0.4, 0.5) is 0 Å². The number of hydrogen-bond donors (Lipinski definition) is 2. The molecule has 25 heavy (non-hydrogen) atoms. The second-order valence-corrected chi connectivity index (χ2v) is 10.0. The van der Waals surface area contributed by atoms with Crippen LogP contribution in [-0.2, 0) is 17.3 Å². The van der Waals surface area contributed by atoms with E-state index in [9.17, 15) is 10.2 Å². The van der Waals surface area contributed by atoms with Crippen molar-refractivity contribution in [1.29, 1.82) is 0 Å². The molecule has 1 aromatic rings. The Morgan fingerprint density at radius 2 is 1.40 bits per heavy atom. The van der Waals surface area contributed by atoms with Gasteiger partial charge in [-0.25, -0.2) is 0 Å². The second-order valence-electron chi connectivity index (χ2n) is 10.0. The lowest BCUT2D eigenvalue weighted by molar-refractivity contribution is 0.0775. The van der Waals surface area contributed by atoms with E-state index in [1.165, 1.54) is 37.7 Å². The third kappa shape index (κ3) is 5.23. The molecular formula is C23H38O2. The maximum Gasteiger partial charge on any atom is 0.123 e. The highest BCUT2D eigenvalue weighted by atomic mass is 16.3. The van der Waals surface area contributed by atoms with Crippen LogP contribution in [0.3, 0.4) is 0 Å². The minimum absolute atomic E-state index is 0.0952. The summed E-state index contributed by atoms with van der Waals surface area (Å²) in [6.07, 6.45) is 7.73. The topological polar surface area (TPSA) is 40.5 Å². The largest absolute Gasteiger partial charge is 0.507 e. The highest BCUT2D eigenvalue weighted by Crippen LogP contribution is 2.40. The molecule has 0 spiro atoms. The van der Waals surface area contributed by atoms with Crippen molar-refractivity contribution in [3.8, 4) is 5.75 Å². The molecule has 1 atom stereocenters. The van der Waals surface area contributed by atoms with Crippen LogP contribution in [0.15, 0.2) is 12.1 Å². The Kier molecular flexibility index (Phi) is 6.25. The molecule has 1 saturated carbocycles. The Hall–Kier alpha value is -1.02. The summed E-state index contributed by atoms with van der Waals surface area (Å²) in [6.45, 7) is 12.9. The molecule has 2 nitrogen and oxygen atoms in total. The van der Waals surface area contributed by atoms with E-state index < -0.39 is 0 Å². The van der Waals surface area contributed by atoms with Crippen molar-refractivity contribution in [3.63, 3.8) is 0 Å². The molecule has 1 unspecified atom stereocenters. The summed E-state index contributed by atoms with van der Waals surface area (Å²) in [5, 5.41) is 21.4. The SMILES string of the molecule is CC(C)(C)c1cc(CCC(O)C2CCCCC2)cc(C(C)(C)C)c1O. The molecule has 1 fully saturated rings. The predicted octanol–water partition coefficient (Wildman–Crippen LogP) is 5.86. The van der Waals surface area contributed by atoms with Crippen molar-refractivity contribution in [1.82, 2.24) is 0 Å². The lowest BCUT2D eigenvalue weighted by Gasteiger charge is -2.29. The number of aliphatic hydroxyl groups is 1. The molecule has 2 N–H and O–H groups in total. The first-order valence-corrected chi connectivity index (χ1v) is 10.0. The molecule has 1 aliphatic carbocycles. The smallest absolute Gasteiger partial charge is 0.123 e. The van der Waals surface area contributed by atoms with Gasteiger partial charge in [-0.15, -0.1) is 0 Å². The molecule has 0 heterocycles. The van der Waals surface area contributed by atoms with Gasteiger partial charge in [0.2, 0.25) is 0 Å². The summed E-state index contributed by atoms with van der Waals surface area (Å²) in [6, 6.07) is 4.30. The van der Waals surface area contributed by atoms with Gasteiger partial charge in [-0.05, 0) is 59.1 Å². The number of benzene rings is 1. The maximum absolute atomic E-state index is 10.8. The van der Waals surface area contributed by atoms with Crippen LogP contribution >= 0.6 is 0 Å². The van der Waals surface area contributed by atoms with Gasteiger partial charge >= 0.3 is 0 Å². The van der Waals surface area contributed by atoms with E-state index in [1.807, 2.05) is 0 Å². The summed E-state index contributed by atoms with van der Waals surface area (Å²) < 4.78 is 0. The average Bonchev–Trinajstić information content (AvgIpc) is 2.52. The summed E-state index contributed by atoms with van der Waals surface area (Å²) >= 11 is 0. The number of phenols is 1. The van der Waals surface area contributed by atoms with Crippen LogP contribution in [0.25, 0.3) is 0 Å². The molecule has 0 saturated heterocycles. The Morgan fingerprint density at radius 3 is 1.84 bits per heavy atom. The van der Waals surface area contributed by atoms with Crippen LogP contribution in [0, 0.1) is 5.92 Å². The summed E-state index contributed by atoms with van der Waals surface area (Å²) in [7, 11) is 0. The monoisotopic (exact) mass is 346 g/mol. The fourth-order valence-electron chi connectivity index (χ4n) is 4.05. The van der Waals surface area contributed by atoms with Crippen LogP contribution in [-0.4, -0.2) is 16.3 Å². The average molecular weight is 347 g/mol. The third-order valence-corrected chi connectivity index (χ3v) is 5.71. The van der Waals surface area contributed by atoms with Gasteiger partial charge in [0.05, 0.1) is 6.10 Å². The van der Waals surface area contributed by atoms with Gasteiger partial charge in [0.1, 0.15) is 5.75 Å². The van der Waals surface area contributed by atoms with Crippen molar-refractivity contribution >= 4 is 0 Å². The van der Waals surface area contributed by atoms with Gasteiger partial charge < -0.3 is 10.2 Å². The summed E-state index contributed by atoms with van der Waals surface area (Å²) in [4.78, 5) is 0. The normalized spacial score (nSPS) is 18.4. The van der Waals surface area contributed by atoms with Crippen molar-refractivity contribution in [2.24, 2.45) is 5.92 Å². The summed E-state index contributed by atoms with van der Waals surface area (Å²) in [5.74, 6) is 0.923. The van der Waals surface area contributed by atoms with Crippen molar-refractivity contribution in [2.75, 3.05) is 0 Å². The highest BCUT2D eigenvalue weighted by molar-refractivity contribution is 5.49.